The summed E-state index contributed by atoms with van der Waals surface area (Å²) >= 11 is 2.06. The summed E-state index contributed by atoms with van der Waals surface area (Å²) in [6.07, 6.45) is 4.18. The number of likely N-dealkylation sites (tertiary alicyclic amines) is 1. The zero-order valence-corrected chi connectivity index (χ0v) is 21.1. The topological polar surface area (TPSA) is 200 Å². The molecule has 0 spiro atoms. The maximum Gasteiger partial charge on any atom is 0.352 e. The number of aliphatic carboxylic acids is 1. The van der Waals surface area contributed by atoms with Gasteiger partial charge in [-0.05, 0) is 42.6 Å². The number of nitrogens with two attached hydrogens (primary N) is 1. The van der Waals surface area contributed by atoms with Crippen LogP contribution in [0.25, 0.3) is 0 Å². The van der Waals surface area contributed by atoms with Crippen molar-refractivity contribution in [3.63, 3.8) is 0 Å². The van der Waals surface area contributed by atoms with E-state index in [-0.39, 0.29) is 34.4 Å². The molecule has 4 aliphatic heterocycles. The highest BCUT2D eigenvalue weighted by molar-refractivity contribution is 8.00. The van der Waals surface area contributed by atoms with Crippen LogP contribution in [-0.2, 0) is 19.2 Å². The molecule has 1 aromatic heterocycles. The van der Waals surface area contributed by atoms with Gasteiger partial charge in [0.1, 0.15) is 17.1 Å². The third-order valence-electron chi connectivity index (χ3n) is 6.72. The minimum Gasteiger partial charge on any atom is -0.477 e. The molecule has 0 radical (unpaired) electrons. The molecule has 5 heterocycles. The summed E-state index contributed by atoms with van der Waals surface area (Å²) in [7, 11) is 0. The Morgan fingerprint density at radius 2 is 2.19 bits per heavy atom. The molecule has 4 aliphatic rings. The highest BCUT2D eigenvalue weighted by atomic mass is 32.2. The normalized spacial score (nSPS) is 27.4. The number of carbonyl (C=O) groups excluding carboxylic acids is 3. The molecule has 16 heteroatoms. The van der Waals surface area contributed by atoms with Gasteiger partial charge in [0.25, 0.3) is 11.8 Å². The number of thioether (sulfide) groups is 1. The quantitative estimate of drug-likeness (QED) is 0.187. The molecule has 5 N–H and O–H groups in total. The van der Waals surface area contributed by atoms with Gasteiger partial charge in [0.15, 0.2) is 11.0 Å². The van der Waals surface area contributed by atoms with Crippen molar-refractivity contribution in [1.82, 2.24) is 29.8 Å². The van der Waals surface area contributed by atoms with Crippen LogP contribution >= 0.6 is 23.3 Å². The number of carboxylic acid groups (broad SMARTS) is 1. The van der Waals surface area contributed by atoms with Crippen molar-refractivity contribution < 1.29 is 24.3 Å². The van der Waals surface area contributed by atoms with Crippen LogP contribution < -0.4 is 16.4 Å². The van der Waals surface area contributed by atoms with E-state index in [1.165, 1.54) is 11.8 Å². The Balaban J connectivity index is 1.30. The van der Waals surface area contributed by atoms with Crippen molar-refractivity contribution in [2.45, 2.75) is 42.8 Å². The Morgan fingerprint density at radius 3 is 2.84 bits per heavy atom. The average Bonchev–Trinajstić information content (AvgIpc) is 3.62. The van der Waals surface area contributed by atoms with Crippen LogP contribution in [0.3, 0.4) is 0 Å². The van der Waals surface area contributed by atoms with Crippen molar-refractivity contribution in [2.24, 2.45) is 5.18 Å². The number of rotatable bonds is 8. The number of hydrogen-bond donors (Lipinski definition) is 4. The maximum atomic E-state index is 12.9. The number of anilines is 1. The number of fused-ring (bicyclic) bond motifs is 1. The second kappa shape index (κ2) is 10.2. The first-order chi connectivity index (χ1) is 17.8. The fraction of sp³-hybridized carbons (Fsp3) is 0.524. The SMILES string of the molecule is Nc1nc(C(N=O)C(=O)NC2C(=O)N3C(C(=O)O)=C(C=C4CCN(C[C@@H]5CCCN5)C4=O)CSC23)ns1. The van der Waals surface area contributed by atoms with Gasteiger partial charge < -0.3 is 26.4 Å². The predicted octanol–water partition coefficient (Wildman–Crippen LogP) is -0.423. The number of β-lactam (4-membered cyclic amide) rings is 1. The number of carboxylic acids is 1. The van der Waals surface area contributed by atoms with Gasteiger partial charge in [-0.3, -0.25) is 19.3 Å². The van der Waals surface area contributed by atoms with Crippen molar-refractivity contribution in [3.8, 4) is 0 Å². The Bertz CT molecular complexity index is 1230. The largest absolute Gasteiger partial charge is 0.477 e. The summed E-state index contributed by atoms with van der Waals surface area (Å²) in [5.74, 6) is -2.89. The number of nitrogens with one attached hydrogen (secondary N) is 2. The Labute approximate surface area is 218 Å². The highest BCUT2D eigenvalue weighted by Gasteiger charge is 2.54. The van der Waals surface area contributed by atoms with Crippen molar-refractivity contribution >= 4 is 52.1 Å². The molecule has 14 nitrogen and oxygen atoms in total. The molecule has 0 saturated carbocycles. The number of hydrogen-bond acceptors (Lipinski definition) is 12. The minimum absolute atomic E-state index is 0.0575. The third-order valence-corrected chi connectivity index (χ3v) is 8.58. The number of aromatic nitrogens is 2. The molecule has 3 amide bonds. The van der Waals surface area contributed by atoms with Crippen LogP contribution in [-0.4, -0.2) is 90.8 Å². The third kappa shape index (κ3) is 4.71. The summed E-state index contributed by atoms with van der Waals surface area (Å²) in [5.41, 5.74) is 6.17. The maximum absolute atomic E-state index is 12.9. The van der Waals surface area contributed by atoms with Crippen molar-refractivity contribution in [3.05, 3.63) is 33.7 Å². The lowest BCUT2D eigenvalue weighted by molar-refractivity contribution is -0.150. The summed E-state index contributed by atoms with van der Waals surface area (Å²) < 4.78 is 3.82. The molecule has 0 aromatic carbocycles. The first kappa shape index (κ1) is 25.3. The van der Waals surface area contributed by atoms with Crippen LogP contribution in [0, 0.1) is 4.91 Å². The van der Waals surface area contributed by atoms with E-state index in [1.807, 2.05) is 0 Å². The Kier molecular flexibility index (Phi) is 6.96. The molecule has 37 heavy (non-hydrogen) atoms. The first-order valence-electron chi connectivity index (χ1n) is 11.6. The first-order valence-corrected chi connectivity index (χ1v) is 13.5. The summed E-state index contributed by atoms with van der Waals surface area (Å²) in [4.78, 5) is 68.6. The molecular weight excluding hydrogens is 524 g/mol. The van der Waals surface area contributed by atoms with Crippen LogP contribution in [0.2, 0.25) is 0 Å². The molecule has 0 aliphatic carbocycles. The lowest BCUT2D eigenvalue weighted by Gasteiger charge is -2.49. The van der Waals surface area contributed by atoms with E-state index in [4.69, 9.17) is 5.73 Å². The molecule has 0 bridgehead atoms. The molecule has 3 unspecified atom stereocenters. The van der Waals surface area contributed by atoms with Gasteiger partial charge in [-0.1, -0.05) is 0 Å². The highest BCUT2D eigenvalue weighted by Crippen LogP contribution is 2.41. The van der Waals surface area contributed by atoms with Crippen LogP contribution in [0.5, 0.6) is 0 Å². The van der Waals surface area contributed by atoms with Crippen LogP contribution in [0.4, 0.5) is 5.13 Å². The van der Waals surface area contributed by atoms with Crippen LogP contribution in [0.1, 0.15) is 31.1 Å². The number of nitroso groups, excluding NO2 is 1. The van der Waals surface area contributed by atoms with E-state index in [9.17, 15) is 29.2 Å². The standard InChI is InChI=1S/C21H24N8O6S2/c22-21-25-15(27-37-21)12(26-35)16(30)24-13-18(32)29-14(20(33)34)10(8-36-19(13)29)6-9-3-5-28(17(9)31)7-11-2-1-4-23-11/h6,11-13,19,23H,1-5,7-8H2,(H,24,30)(H,33,34)(H2,22,25,27)/t11-,12?,13?,19?/m0/s1. The van der Waals surface area contributed by atoms with Gasteiger partial charge in [-0.15, -0.1) is 16.7 Å². The molecule has 196 valence electrons. The Hall–Kier alpha value is -3.37. The molecule has 4 atom stereocenters. The van der Waals surface area contributed by atoms with Gasteiger partial charge in [0.05, 0.1) is 0 Å². The lowest BCUT2D eigenvalue weighted by atomic mass is 10.0. The zero-order chi connectivity index (χ0) is 26.3. The van der Waals surface area contributed by atoms with Crippen LogP contribution in [0.15, 0.2) is 28.1 Å². The van der Waals surface area contributed by atoms with E-state index < -0.39 is 35.2 Å². The van der Waals surface area contributed by atoms with Gasteiger partial charge in [-0.2, -0.15) is 4.37 Å². The molecular formula is C21H24N8O6S2. The van der Waals surface area contributed by atoms with Gasteiger partial charge in [0, 0.05) is 42.0 Å². The Morgan fingerprint density at radius 1 is 1.38 bits per heavy atom. The number of nitrogens with zero attached hydrogens (tertiary/aromatic N) is 5. The summed E-state index contributed by atoms with van der Waals surface area (Å²) in [5, 5.41) is 17.9. The second-order valence-corrected chi connectivity index (χ2v) is 10.9. The van der Waals surface area contributed by atoms with Crippen molar-refractivity contribution in [1.29, 1.82) is 0 Å². The van der Waals surface area contributed by atoms with Gasteiger partial charge >= 0.3 is 5.97 Å². The minimum atomic E-state index is -1.59. The number of nitrogen functional groups attached to an aromatic ring is 1. The number of allylic oxidation sites excluding steroid dienone is 1. The smallest absolute Gasteiger partial charge is 0.352 e. The predicted molar refractivity (Wildman–Crippen MR) is 133 cm³/mol. The second-order valence-electron chi connectivity index (χ2n) is 9.04. The van der Waals surface area contributed by atoms with Gasteiger partial charge in [0.2, 0.25) is 11.9 Å². The lowest BCUT2D eigenvalue weighted by Crippen LogP contribution is -2.70. The summed E-state index contributed by atoms with van der Waals surface area (Å²) in [6, 6.07) is -2.37. The fourth-order valence-electron chi connectivity index (χ4n) is 4.92. The molecule has 3 saturated heterocycles. The zero-order valence-electron chi connectivity index (χ0n) is 19.5. The summed E-state index contributed by atoms with van der Waals surface area (Å²) in [6.45, 7) is 2.12. The van der Waals surface area contributed by atoms with E-state index >= 15 is 0 Å². The molecule has 3 fully saturated rings. The number of carbonyl (C=O) groups is 4. The molecule has 1 aromatic rings. The van der Waals surface area contributed by atoms with Gasteiger partial charge in [-0.25, -0.2) is 9.78 Å². The number of amides is 3. The van der Waals surface area contributed by atoms with Crippen molar-refractivity contribution in [2.75, 3.05) is 31.1 Å². The van der Waals surface area contributed by atoms with E-state index in [0.717, 1.165) is 35.8 Å². The molecule has 5 rings (SSSR count). The van der Waals surface area contributed by atoms with E-state index in [1.54, 1.807) is 11.0 Å². The fourth-order valence-corrected chi connectivity index (χ4v) is 6.69. The average molecular weight is 549 g/mol. The monoisotopic (exact) mass is 548 g/mol. The van der Waals surface area contributed by atoms with E-state index in [0.29, 0.717) is 30.7 Å². The van der Waals surface area contributed by atoms with E-state index in [2.05, 4.69) is 25.2 Å².